The van der Waals surface area contributed by atoms with Gasteiger partial charge in [0.25, 0.3) is 0 Å². The number of benzene rings is 5. The minimum atomic E-state index is 0.863. The van der Waals surface area contributed by atoms with E-state index in [0.717, 1.165) is 10.9 Å². The molecule has 0 N–H and O–H groups in total. The Kier molecular flexibility index (Phi) is 2.11. The second-order valence-corrected chi connectivity index (χ2v) is 5.73. The van der Waals surface area contributed by atoms with E-state index in [9.17, 15) is 0 Å². The number of rotatable bonds is 0. The van der Waals surface area contributed by atoms with E-state index in [1.54, 1.807) is 0 Å². The Labute approximate surface area is 128 Å². The van der Waals surface area contributed by atoms with Gasteiger partial charge in [-0.1, -0.05) is 66.6 Å². The van der Waals surface area contributed by atoms with Gasteiger partial charge in [-0.3, -0.25) is 0 Å². The van der Waals surface area contributed by atoms with Crippen molar-refractivity contribution in [1.82, 2.24) is 0 Å². The molecule has 0 aromatic heterocycles. The number of hydrogen-bond donors (Lipinski definition) is 0. The van der Waals surface area contributed by atoms with Crippen molar-refractivity contribution in [2.24, 2.45) is 0 Å². The Morgan fingerprint density at radius 2 is 1.14 bits per heavy atom. The molecule has 0 spiro atoms. The maximum absolute atomic E-state index is 7.68. The van der Waals surface area contributed by atoms with Crippen LogP contribution in [-0.4, -0.2) is 0 Å². The SMILES string of the molecule is [C]#Cc1ccc2cccc3c4cccc5cccc(c1c23)c54. The van der Waals surface area contributed by atoms with Gasteiger partial charge in [-0.2, -0.15) is 0 Å². The molecule has 0 unspecified atom stereocenters. The summed E-state index contributed by atoms with van der Waals surface area (Å²) in [6.45, 7) is 0. The van der Waals surface area contributed by atoms with Crippen LogP contribution in [0.5, 0.6) is 0 Å². The van der Waals surface area contributed by atoms with Gasteiger partial charge in [0.2, 0.25) is 0 Å². The van der Waals surface area contributed by atoms with E-state index in [1.807, 2.05) is 6.07 Å². The molecule has 5 aromatic rings. The van der Waals surface area contributed by atoms with Crippen LogP contribution in [0.2, 0.25) is 0 Å². The Balaban J connectivity index is 2.32. The van der Waals surface area contributed by atoms with E-state index in [4.69, 9.17) is 6.42 Å². The molecule has 0 aliphatic rings. The average molecular weight is 275 g/mol. The van der Waals surface area contributed by atoms with Crippen LogP contribution in [0.25, 0.3) is 43.1 Å². The molecule has 5 aromatic carbocycles. The minimum absolute atomic E-state index is 0.863. The molecule has 1 radical (unpaired) electrons. The fourth-order valence-corrected chi connectivity index (χ4v) is 3.76. The van der Waals surface area contributed by atoms with Crippen molar-refractivity contribution in [3.05, 3.63) is 78.7 Å². The number of hydrogen-bond acceptors (Lipinski definition) is 0. The van der Waals surface area contributed by atoms with Crippen LogP contribution in [-0.2, 0) is 0 Å². The van der Waals surface area contributed by atoms with Gasteiger partial charge in [-0.25, -0.2) is 0 Å². The van der Waals surface area contributed by atoms with Gasteiger partial charge in [0.15, 0.2) is 0 Å². The standard InChI is InChI=1S/C22H11/c1-2-14-12-13-16-8-4-10-18-17-9-3-6-15-7-5-11-19(20(15)17)21(14)22(16)18/h3-13H. The van der Waals surface area contributed by atoms with Crippen molar-refractivity contribution in [2.75, 3.05) is 0 Å². The fourth-order valence-electron chi connectivity index (χ4n) is 3.76. The van der Waals surface area contributed by atoms with Crippen LogP contribution in [0.4, 0.5) is 0 Å². The highest BCUT2D eigenvalue weighted by atomic mass is 14.2. The van der Waals surface area contributed by atoms with Gasteiger partial charge < -0.3 is 0 Å². The summed E-state index contributed by atoms with van der Waals surface area (Å²) in [5.41, 5.74) is 0.863. The molecule has 0 saturated carbocycles. The molecule has 0 bridgehead atoms. The Bertz CT molecular complexity index is 1210. The van der Waals surface area contributed by atoms with Crippen LogP contribution in [0, 0.1) is 12.3 Å². The summed E-state index contributed by atoms with van der Waals surface area (Å²) in [4.78, 5) is 0. The molecule has 5 rings (SSSR count). The summed E-state index contributed by atoms with van der Waals surface area (Å²) in [7, 11) is 0. The molecular formula is C22H11. The van der Waals surface area contributed by atoms with E-state index in [1.165, 1.54) is 37.7 Å². The lowest BCUT2D eigenvalue weighted by atomic mass is 9.88. The summed E-state index contributed by atoms with van der Waals surface area (Å²) in [5, 5.41) is 9.90. The Hall–Kier alpha value is -3.04. The maximum atomic E-state index is 7.68. The second kappa shape index (κ2) is 4.00. The summed E-state index contributed by atoms with van der Waals surface area (Å²) in [6.07, 6.45) is 7.68. The lowest BCUT2D eigenvalue weighted by Gasteiger charge is -2.15. The average Bonchev–Trinajstić information content (AvgIpc) is 2.59. The predicted molar refractivity (Wildman–Crippen MR) is 93.9 cm³/mol. The lowest BCUT2D eigenvalue weighted by Crippen LogP contribution is -1.89. The molecule has 0 nitrogen and oxygen atoms in total. The topological polar surface area (TPSA) is 0 Å². The van der Waals surface area contributed by atoms with Crippen LogP contribution in [0.1, 0.15) is 5.56 Å². The molecule has 0 aliphatic carbocycles. The summed E-state index contributed by atoms with van der Waals surface area (Å²) >= 11 is 0. The Morgan fingerprint density at radius 1 is 0.545 bits per heavy atom. The molecule has 0 aliphatic heterocycles. The zero-order valence-corrected chi connectivity index (χ0v) is 11.9. The molecule has 0 atom stereocenters. The molecule has 0 heteroatoms. The van der Waals surface area contributed by atoms with Gasteiger partial charge in [-0.05, 0) is 50.2 Å². The van der Waals surface area contributed by atoms with Crippen molar-refractivity contribution in [2.45, 2.75) is 0 Å². The second-order valence-electron chi connectivity index (χ2n) is 5.73. The molecule has 0 amide bonds. The van der Waals surface area contributed by atoms with E-state index in [2.05, 4.69) is 66.6 Å². The Morgan fingerprint density at radius 3 is 1.82 bits per heavy atom. The van der Waals surface area contributed by atoms with E-state index in [0.29, 0.717) is 0 Å². The fraction of sp³-hybridized carbons (Fsp3) is 0. The van der Waals surface area contributed by atoms with Crippen molar-refractivity contribution in [1.29, 1.82) is 0 Å². The van der Waals surface area contributed by atoms with E-state index >= 15 is 0 Å². The molecule has 22 heavy (non-hydrogen) atoms. The minimum Gasteiger partial charge on any atom is -0.0610 e. The van der Waals surface area contributed by atoms with Crippen molar-refractivity contribution in [3.8, 4) is 5.92 Å². The van der Waals surface area contributed by atoms with Gasteiger partial charge in [-0.15, -0.1) is 0 Å². The smallest absolute Gasteiger partial charge is 0.0340 e. The third-order valence-electron chi connectivity index (χ3n) is 4.64. The maximum Gasteiger partial charge on any atom is 0.0340 e. The monoisotopic (exact) mass is 275 g/mol. The van der Waals surface area contributed by atoms with Gasteiger partial charge >= 0.3 is 0 Å². The van der Waals surface area contributed by atoms with Gasteiger partial charge in [0, 0.05) is 10.9 Å². The highest BCUT2D eigenvalue weighted by Gasteiger charge is 2.14. The summed E-state index contributed by atoms with van der Waals surface area (Å²) in [6, 6.07) is 23.4. The van der Waals surface area contributed by atoms with Crippen molar-refractivity contribution in [3.63, 3.8) is 0 Å². The van der Waals surface area contributed by atoms with Gasteiger partial charge in [0.05, 0.1) is 0 Å². The lowest BCUT2D eigenvalue weighted by molar-refractivity contribution is 1.75. The molecule has 0 fully saturated rings. The van der Waals surface area contributed by atoms with Crippen molar-refractivity contribution >= 4 is 43.1 Å². The largest absolute Gasteiger partial charge is 0.0610 e. The van der Waals surface area contributed by atoms with E-state index in [-0.39, 0.29) is 0 Å². The predicted octanol–water partition coefficient (Wildman–Crippen LogP) is 5.68. The zero-order valence-electron chi connectivity index (χ0n) is 11.9. The zero-order chi connectivity index (χ0) is 14.7. The van der Waals surface area contributed by atoms with Crippen LogP contribution in [0.15, 0.2) is 66.7 Å². The van der Waals surface area contributed by atoms with Gasteiger partial charge in [0.1, 0.15) is 0 Å². The van der Waals surface area contributed by atoms with Crippen LogP contribution < -0.4 is 0 Å². The van der Waals surface area contributed by atoms with Crippen molar-refractivity contribution < 1.29 is 0 Å². The first-order valence-electron chi connectivity index (χ1n) is 7.39. The molecule has 99 valence electrons. The quantitative estimate of drug-likeness (QED) is 0.194. The first-order chi connectivity index (χ1) is 10.9. The highest BCUT2D eigenvalue weighted by molar-refractivity contribution is 6.33. The third-order valence-corrected chi connectivity index (χ3v) is 4.64. The molecular weight excluding hydrogens is 264 g/mol. The third kappa shape index (κ3) is 1.29. The summed E-state index contributed by atoms with van der Waals surface area (Å²) in [5.74, 6) is 2.62. The molecule has 0 heterocycles. The summed E-state index contributed by atoms with van der Waals surface area (Å²) < 4.78 is 0. The normalized spacial score (nSPS) is 11.6. The molecule has 0 saturated heterocycles. The first kappa shape index (κ1) is 11.6. The number of fused-ring (bicyclic) bond motifs is 2. The van der Waals surface area contributed by atoms with Crippen LogP contribution >= 0.6 is 0 Å². The van der Waals surface area contributed by atoms with E-state index < -0.39 is 0 Å². The van der Waals surface area contributed by atoms with Crippen LogP contribution in [0.3, 0.4) is 0 Å². The highest BCUT2D eigenvalue weighted by Crippen LogP contribution is 2.41. The first-order valence-corrected chi connectivity index (χ1v) is 7.39.